The van der Waals surface area contributed by atoms with Gasteiger partial charge in [0.15, 0.2) is 0 Å². The van der Waals surface area contributed by atoms with Crippen LogP contribution in [0.2, 0.25) is 0 Å². The van der Waals surface area contributed by atoms with Crippen molar-refractivity contribution in [2.45, 2.75) is 19.8 Å². The summed E-state index contributed by atoms with van der Waals surface area (Å²) in [5.74, 6) is 0. The van der Waals surface area contributed by atoms with Gasteiger partial charge in [0.05, 0.1) is 0 Å². The van der Waals surface area contributed by atoms with E-state index in [-0.39, 0.29) is 0 Å². The fourth-order valence-electron chi connectivity index (χ4n) is 0.281. The SMILES string of the molecule is CCCCON=C=O. The molecule has 0 N–H and O–H groups in total. The molecule has 0 radical (unpaired) electrons. The van der Waals surface area contributed by atoms with Gasteiger partial charge in [-0.3, -0.25) is 0 Å². The Balaban J connectivity index is 2.82. The Morgan fingerprint density at radius 1 is 1.75 bits per heavy atom. The van der Waals surface area contributed by atoms with Crippen LogP contribution in [0.3, 0.4) is 0 Å². The predicted octanol–water partition coefficient (Wildman–Crippen LogP) is 1.05. The first kappa shape index (κ1) is 7.18. The predicted molar refractivity (Wildman–Crippen MR) is 29.0 cm³/mol. The zero-order chi connectivity index (χ0) is 6.24. The zero-order valence-electron chi connectivity index (χ0n) is 4.89. The molecule has 46 valence electrons. The van der Waals surface area contributed by atoms with E-state index >= 15 is 0 Å². The van der Waals surface area contributed by atoms with Gasteiger partial charge in [0.25, 0.3) is 6.08 Å². The van der Waals surface area contributed by atoms with Gasteiger partial charge in [-0.05, 0) is 6.42 Å². The minimum Gasteiger partial charge on any atom is -0.386 e. The Morgan fingerprint density at radius 3 is 3.00 bits per heavy atom. The third kappa shape index (κ3) is 5.18. The largest absolute Gasteiger partial charge is 0.386 e. The molecule has 0 saturated carbocycles. The molecule has 0 unspecified atom stereocenters. The van der Waals surface area contributed by atoms with Crippen molar-refractivity contribution in [1.82, 2.24) is 0 Å². The minimum atomic E-state index is 0.520. The molecule has 0 aromatic rings. The van der Waals surface area contributed by atoms with Crippen LogP contribution in [0.1, 0.15) is 19.8 Å². The van der Waals surface area contributed by atoms with Crippen LogP contribution in [-0.2, 0) is 9.63 Å². The van der Waals surface area contributed by atoms with Crippen molar-refractivity contribution >= 4 is 6.08 Å². The number of unbranched alkanes of at least 4 members (excludes halogenated alkanes) is 1. The van der Waals surface area contributed by atoms with Crippen LogP contribution < -0.4 is 0 Å². The van der Waals surface area contributed by atoms with Crippen molar-refractivity contribution in [2.24, 2.45) is 5.16 Å². The van der Waals surface area contributed by atoms with Gasteiger partial charge in [-0.1, -0.05) is 13.3 Å². The fraction of sp³-hybridized carbons (Fsp3) is 0.800. The van der Waals surface area contributed by atoms with E-state index in [1.807, 2.05) is 6.92 Å². The Labute approximate surface area is 48.3 Å². The van der Waals surface area contributed by atoms with E-state index in [2.05, 4.69) is 9.99 Å². The van der Waals surface area contributed by atoms with Gasteiger partial charge >= 0.3 is 0 Å². The lowest BCUT2D eigenvalue weighted by molar-refractivity contribution is 0.140. The maximum atomic E-state index is 9.35. The van der Waals surface area contributed by atoms with Crippen molar-refractivity contribution in [2.75, 3.05) is 6.61 Å². The molecule has 0 aromatic heterocycles. The normalized spacial score (nSPS) is 7.62. The van der Waals surface area contributed by atoms with E-state index in [1.165, 1.54) is 6.08 Å². The van der Waals surface area contributed by atoms with Gasteiger partial charge in [-0.2, -0.15) is 0 Å². The van der Waals surface area contributed by atoms with Gasteiger partial charge in [-0.25, -0.2) is 4.79 Å². The molecule has 3 nitrogen and oxygen atoms in total. The van der Waals surface area contributed by atoms with E-state index in [9.17, 15) is 4.79 Å². The van der Waals surface area contributed by atoms with Crippen LogP contribution in [0.25, 0.3) is 0 Å². The molecule has 0 aliphatic carbocycles. The monoisotopic (exact) mass is 115 g/mol. The standard InChI is InChI=1S/C5H9NO2/c1-2-3-4-8-6-5-7/h2-4H2,1H3. The van der Waals surface area contributed by atoms with E-state index in [0.29, 0.717) is 6.61 Å². The van der Waals surface area contributed by atoms with Gasteiger partial charge in [0.1, 0.15) is 6.61 Å². The molecule has 0 saturated heterocycles. The molecule has 0 amide bonds. The molecule has 0 aromatic carbocycles. The highest BCUT2D eigenvalue weighted by atomic mass is 16.6. The lowest BCUT2D eigenvalue weighted by Gasteiger charge is -1.90. The molecule has 0 heterocycles. The third-order valence-electron chi connectivity index (χ3n) is 0.691. The molecule has 0 rings (SSSR count). The van der Waals surface area contributed by atoms with Gasteiger partial charge in [-0.15, -0.1) is 0 Å². The molecule has 0 aliphatic heterocycles. The summed E-state index contributed by atoms with van der Waals surface area (Å²) >= 11 is 0. The average Bonchev–Trinajstić information content (AvgIpc) is 1.81. The van der Waals surface area contributed by atoms with Crippen LogP contribution in [-0.4, -0.2) is 12.7 Å². The number of isocyanates is 1. The van der Waals surface area contributed by atoms with Crippen LogP contribution in [0.15, 0.2) is 5.16 Å². The Bertz CT molecular complexity index is 86.4. The summed E-state index contributed by atoms with van der Waals surface area (Å²) < 4.78 is 0. The van der Waals surface area contributed by atoms with Crippen LogP contribution in [0.5, 0.6) is 0 Å². The summed E-state index contributed by atoms with van der Waals surface area (Å²) in [5, 5.41) is 2.90. The number of hydrogen-bond donors (Lipinski definition) is 0. The molecule has 0 atom stereocenters. The number of carbonyl (C=O) groups excluding carboxylic acids is 1. The van der Waals surface area contributed by atoms with Crippen molar-refractivity contribution in [3.05, 3.63) is 0 Å². The molecular formula is C5H9NO2. The lowest BCUT2D eigenvalue weighted by atomic mass is 10.4. The van der Waals surface area contributed by atoms with E-state index in [4.69, 9.17) is 0 Å². The molecule has 0 spiro atoms. The fourth-order valence-corrected chi connectivity index (χ4v) is 0.281. The molecule has 8 heavy (non-hydrogen) atoms. The van der Waals surface area contributed by atoms with Gasteiger partial charge in [0.2, 0.25) is 0 Å². The first-order valence-corrected chi connectivity index (χ1v) is 2.61. The van der Waals surface area contributed by atoms with Crippen molar-refractivity contribution in [3.8, 4) is 0 Å². The maximum absolute atomic E-state index is 9.35. The summed E-state index contributed by atoms with van der Waals surface area (Å²) in [4.78, 5) is 13.8. The second-order valence-electron chi connectivity index (χ2n) is 1.37. The lowest BCUT2D eigenvalue weighted by Crippen LogP contribution is -1.84. The molecule has 0 fully saturated rings. The van der Waals surface area contributed by atoms with E-state index in [0.717, 1.165) is 12.8 Å². The summed E-state index contributed by atoms with van der Waals surface area (Å²) in [7, 11) is 0. The Kier molecular flexibility index (Phi) is 5.55. The summed E-state index contributed by atoms with van der Waals surface area (Å²) in [6.45, 7) is 2.56. The van der Waals surface area contributed by atoms with E-state index < -0.39 is 0 Å². The summed E-state index contributed by atoms with van der Waals surface area (Å²) in [5.41, 5.74) is 0. The second kappa shape index (κ2) is 6.18. The Morgan fingerprint density at radius 2 is 2.50 bits per heavy atom. The quantitative estimate of drug-likeness (QED) is 0.238. The number of hydrogen-bond acceptors (Lipinski definition) is 3. The van der Waals surface area contributed by atoms with Crippen molar-refractivity contribution in [3.63, 3.8) is 0 Å². The second-order valence-corrected chi connectivity index (χ2v) is 1.37. The highest BCUT2D eigenvalue weighted by Gasteiger charge is 1.79. The highest BCUT2D eigenvalue weighted by molar-refractivity contribution is 5.31. The maximum Gasteiger partial charge on any atom is 0.276 e. The van der Waals surface area contributed by atoms with Crippen LogP contribution >= 0.6 is 0 Å². The number of rotatable bonds is 4. The van der Waals surface area contributed by atoms with Gasteiger partial charge in [0, 0.05) is 5.16 Å². The average molecular weight is 115 g/mol. The first-order chi connectivity index (χ1) is 3.91. The van der Waals surface area contributed by atoms with Crippen LogP contribution in [0, 0.1) is 0 Å². The molecule has 3 heteroatoms. The topological polar surface area (TPSA) is 38.7 Å². The van der Waals surface area contributed by atoms with Crippen molar-refractivity contribution in [1.29, 1.82) is 0 Å². The Hall–Kier alpha value is -0.820. The molecular weight excluding hydrogens is 106 g/mol. The number of nitrogens with zero attached hydrogens (tertiary/aromatic N) is 1. The first-order valence-electron chi connectivity index (χ1n) is 2.61. The van der Waals surface area contributed by atoms with Gasteiger partial charge < -0.3 is 4.84 Å². The molecule has 0 aliphatic rings. The smallest absolute Gasteiger partial charge is 0.276 e. The summed E-state index contributed by atoms with van der Waals surface area (Å²) in [6, 6.07) is 0. The summed E-state index contributed by atoms with van der Waals surface area (Å²) in [6.07, 6.45) is 3.27. The van der Waals surface area contributed by atoms with Crippen LogP contribution in [0.4, 0.5) is 0 Å². The minimum absolute atomic E-state index is 0.520. The highest BCUT2D eigenvalue weighted by Crippen LogP contribution is 1.85. The third-order valence-corrected chi connectivity index (χ3v) is 0.691. The zero-order valence-corrected chi connectivity index (χ0v) is 4.89. The van der Waals surface area contributed by atoms with Crippen molar-refractivity contribution < 1.29 is 9.63 Å². The molecule has 0 bridgehead atoms. The van der Waals surface area contributed by atoms with E-state index in [1.54, 1.807) is 0 Å².